The fraction of sp³-hybridized carbons (Fsp3) is 0.286. The Bertz CT molecular complexity index is 1090. The zero-order valence-electron chi connectivity index (χ0n) is 19.1. The summed E-state index contributed by atoms with van der Waals surface area (Å²) in [5.74, 6) is -0.647. The van der Waals surface area contributed by atoms with E-state index in [9.17, 15) is 9.59 Å². The van der Waals surface area contributed by atoms with Crippen molar-refractivity contribution in [2.45, 2.75) is 44.6 Å². The van der Waals surface area contributed by atoms with Gasteiger partial charge in [0.2, 0.25) is 0 Å². The number of ether oxygens (including phenoxy) is 2. The smallest absolute Gasteiger partial charge is 0.329 e. The molecule has 3 aromatic carbocycles. The highest BCUT2D eigenvalue weighted by Crippen LogP contribution is 2.27. The molecule has 1 fully saturated rings. The van der Waals surface area contributed by atoms with Gasteiger partial charge in [-0.1, -0.05) is 72.8 Å². The summed E-state index contributed by atoms with van der Waals surface area (Å²) in [5.41, 5.74) is 9.87. The van der Waals surface area contributed by atoms with E-state index in [1.807, 2.05) is 84.9 Å². The van der Waals surface area contributed by atoms with E-state index in [-0.39, 0.29) is 25.2 Å². The molecule has 1 heterocycles. The van der Waals surface area contributed by atoms with Crippen LogP contribution in [-0.4, -0.2) is 30.6 Å². The summed E-state index contributed by atoms with van der Waals surface area (Å²) in [7, 11) is 0. The molecule has 2 atom stereocenters. The molecule has 0 saturated carbocycles. The van der Waals surface area contributed by atoms with E-state index in [1.165, 1.54) is 0 Å². The summed E-state index contributed by atoms with van der Waals surface area (Å²) in [4.78, 5) is 27.3. The summed E-state index contributed by atoms with van der Waals surface area (Å²) in [5, 5.41) is 0. The van der Waals surface area contributed by atoms with Crippen LogP contribution < -0.4 is 10.6 Å². The lowest BCUT2D eigenvalue weighted by Crippen LogP contribution is -2.37. The Balaban J connectivity index is 1.34. The molecule has 3 aromatic rings. The van der Waals surface area contributed by atoms with Crippen LogP contribution in [0, 0.1) is 0 Å². The summed E-state index contributed by atoms with van der Waals surface area (Å²) < 4.78 is 11.0. The van der Waals surface area contributed by atoms with Crippen molar-refractivity contribution in [3.63, 3.8) is 0 Å². The summed E-state index contributed by atoms with van der Waals surface area (Å²) in [6.45, 7) is 1.25. The zero-order chi connectivity index (χ0) is 23.8. The van der Waals surface area contributed by atoms with Gasteiger partial charge in [0.25, 0.3) is 0 Å². The van der Waals surface area contributed by atoms with Crippen LogP contribution in [0.4, 0.5) is 5.69 Å². The van der Waals surface area contributed by atoms with Crippen molar-refractivity contribution in [3.8, 4) is 0 Å². The van der Waals surface area contributed by atoms with E-state index in [2.05, 4.69) is 4.90 Å². The van der Waals surface area contributed by atoms with Gasteiger partial charge in [-0.05, 0) is 48.1 Å². The van der Waals surface area contributed by atoms with E-state index in [1.54, 1.807) is 0 Å². The topological polar surface area (TPSA) is 81.9 Å². The number of hydrogen-bond acceptors (Lipinski definition) is 6. The number of nitrogens with zero attached hydrogens (tertiary/aromatic N) is 1. The molecular formula is C28H30N2O4. The van der Waals surface area contributed by atoms with Crippen LogP contribution in [-0.2, 0) is 38.7 Å². The van der Waals surface area contributed by atoms with Crippen molar-refractivity contribution < 1.29 is 19.1 Å². The van der Waals surface area contributed by atoms with Crippen LogP contribution in [0.3, 0.4) is 0 Å². The van der Waals surface area contributed by atoms with Crippen LogP contribution in [0.1, 0.15) is 29.5 Å². The lowest BCUT2D eigenvalue weighted by molar-refractivity contribution is -0.147. The lowest BCUT2D eigenvalue weighted by atomic mass is 10.1. The van der Waals surface area contributed by atoms with Gasteiger partial charge in [-0.25, -0.2) is 4.79 Å². The number of anilines is 1. The third-order valence-electron chi connectivity index (χ3n) is 5.97. The number of hydrogen-bond donors (Lipinski definition) is 1. The van der Waals surface area contributed by atoms with Gasteiger partial charge in [-0.2, -0.15) is 0 Å². The third kappa shape index (κ3) is 6.23. The number of carbonyl (C=O) groups is 2. The lowest BCUT2D eigenvalue weighted by Gasteiger charge is -2.26. The molecule has 0 aliphatic carbocycles. The SMILES string of the molecule is NC(Cc1cccc(N2CCCC2C(=O)OCc2ccccc2)c1)C(=O)OCc1ccccc1. The standard InChI is InChI=1S/C28H30N2O4/c29-25(27(31)33-19-21-9-3-1-4-10-21)18-23-13-7-14-24(17-23)30-16-8-15-26(30)28(32)34-20-22-11-5-2-6-12-22/h1-7,9-14,17,25-26H,8,15-16,18-20,29H2. The van der Waals surface area contributed by atoms with Gasteiger partial charge >= 0.3 is 11.9 Å². The number of nitrogens with two attached hydrogens (primary N) is 1. The Morgan fingerprint density at radius 1 is 0.853 bits per heavy atom. The Morgan fingerprint density at radius 2 is 1.47 bits per heavy atom. The summed E-state index contributed by atoms with van der Waals surface area (Å²) in [6.07, 6.45) is 2.03. The van der Waals surface area contributed by atoms with Crippen molar-refractivity contribution in [2.75, 3.05) is 11.4 Å². The first-order valence-electron chi connectivity index (χ1n) is 11.6. The predicted molar refractivity (Wildman–Crippen MR) is 131 cm³/mol. The quantitative estimate of drug-likeness (QED) is 0.488. The highest BCUT2D eigenvalue weighted by atomic mass is 16.5. The van der Waals surface area contributed by atoms with Gasteiger partial charge in [0, 0.05) is 12.2 Å². The average molecular weight is 459 g/mol. The Morgan fingerprint density at radius 3 is 2.15 bits per heavy atom. The van der Waals surface area contributed by atoms with E-state index in [0.717, 1.165) is 41.8 Å². The molecule has 0 spiro atoms. The predicted octanol–water partition coefficient (Wildman–Crippen LogP) is 4.01. The van der Waals surface area contributed by atoms with Gasteiger partial charge in [0.1, 0.15) is 25.3 Å². The average Bonchev–Trinajstić information content (AvgIpc) is 3.37. The monoisotopic (exact) mass is 458 g/mol. The molecule has 1 aliphatic rings. The number of carbonyl (C=O) groups excluding carboxylic acids is 2. The van der Waals surface area contributed by atoms with Crippen molar-refractivity contribution in [3.05, 3.63) is 102 Å². The maximum atomic E-state index is 12.8. The van der Waals surface area contributed by atoms with Crippen molar-refractivity contribution >= 4 is 17.6 Å². The molecular weight excluding hydrogens is 428 g/mol. The van der Waals surface area contributed by atoms with E-state index < -0.39 is 12.0 Å². The fourth-order valence-corrected chi connectivity index (χ4v) is 4.18. The van der Waals surface area contributed by atoms with E-state index in [0.29, 0.717) is 6.42 Å². The van der Waals surface area contributed by atoms with Crippen molar-refractivity contribution in [2.24, 2.45) is 5.73 Å². The minimum atomic E-state index is -0.760. The molecule has 0 bridgehead atoms. The molecule has 1 aliphatic heterocycles. The van der Waals surface area contributed by atoms with Gasteiger partial charge in [-0.3, -0.25) is 4.79 Å². The van der Waals surface area contributed by atoms with E-state index in [4.69, 9.17) is 15.2 Å². The number of benzene rings is 3. The first-order chi connectivity index (χ1) is 16.6. The third-order valence-corrected chi connectivity index (χ3v) is 5.97. The highest BCUT2D eigenvalue weighted by Gasteiger charge is 2.32. The molecule has 34 heavy (non-hydrogen) atoms. The van der Waals surface area contributed by atoms with Gasteiger partial charge < -0.3 is 20.1 Å². The first kappa shape index (κ1) is 23.5. The summed E-state index contributed by atoms with van der Waals surface area (Å²) in [6, 6.07) is 26.0. The molecule has 4 rings (SSSR count). The molecule has 1 saturated heterocycles. The van der Waals surface area contributed by atoms with Crippen LogP contribution in [0.25, 0.3) is 0 Å². The molecule has 2 N–H and O–H groups in total. The van der Waals surface area contributed by atoms with Crippen LogP contribution in [0.15, 0.2) is 84.9 Å². The van der Waals surface area contributed by atoms with Crippen molar-refractivity contribution in [1.82, 2.24) is 0 Å². The van der Waals surface area contributed by atoms with Crippen LogP contribution in [0.5, 0.6) is 0 Å². The maximum Gasteiger partial charge on any atom is 0.329 e. The molecule has 0 amide bonds. The van der Waals surface area contributed by atoms with Crippen LogP contribution in [0.2, 0.25) is 0 Å². The summed E-state index contributed by atoms with van der Waals surface area (Å²) >= 11 is 0. The van der Waals surface area contributed by atoms with E-state index >= 15 is 0 Å². The molecule has 0 aromatic heterocycles. The first-order valence-corrected chi connectivity index (χ1v) is 11.6. The molecule has 6 heteroatoms. The van der Waals surface area contributed by atoms with Gasteiger partial charge in [0.15, 0.2) is 0 Å². The highest BCUT2D eigenvalue weighted by molar-refractivity contribution is 5.81. The minimum Gasteiger partial charge on any atom is -0.460 e. The second-order valence-electron chi connectivity index (χ2n) is 8.52. The normalized spacial score (nSPS) is 16.1. The Kier molecular flexibility index (Phi) is 7.94. The van der Waals surface area contributed by atoms with Gasteiger partial charge in [0.05, 0.1) is 0 Å². The van der Waals surface area contributed by atoms with Crippen molar-refractivity contribution in [1.29, 1.82) is 0 Å². The largest absolute Gasteiger partial charge is 0.460 e. The molecule has 176 valence electrons. The second-order valence-corrected chi connectivity index (χ2v) is 8.52. The van der Waals surface area contributed by atoms with Gasteiger partial charge in [-0.15, -0.1) is 0 Å². The number of rotatable bonds is 9. The fourth-order valence-electron chi connectivity index (χ4n) is 4.18. The second kappa shape index (κ2) is 11.5. The number of esters is 2. The Labute approximate surface area is 200 Å². The van der Waals surface area contributed by atoms with Crippen LogP contribution >= 0.6 is 0 Å². The molecule has 2 unspecified atom stereocenters. The molecule has 6 nitrogen and oxygen atoms in total. The molecule has 0 radical (unpaired) electrons. The zero-order valence-corrected chi connectivity index (χ0v) is 19.1. The Hall–Kier alpha value is -3.64. The maximum absolute atomic E-state index is 12.8. The minimum absolute atomic E-state index is 0.202.